The summed E-state index contributed by atoms with van der Waals surface area (Å²) >= 11 is 1.62. The molecular formula is C19H20N6O2S. The molecule has 3 heterocycles. The molecular weight excluding hydrogens is 376 g/mol. The quantitative estimate of drug-likeness (QED) is 0.459. The van der Waals surface area contributed by atoms with Gasteiger partial charge < -0.3 is 21.5 Å². The fraction of sp³-hybridized carbons (Fsp3) is 0.211. The van der Waals surface area contributed by atoms with Gasteiger partial charge in [0.1, 0.15) is 17.6 Å². The lowest BCUT2D eigenvalue weighted by Gasteiger charge is -2.04. The molecule has 0 saturated heterocycles. The monoisotopic (exact) mass is 396 g/mol. The summed E-state index contributed by atoms with van der Waals surface area (Å²) in [6, 6.07) is 6.27. The van der Waals surface area contributed by atoms with Gasteiger partial charge in [0, 0.05) is 23.2 Å². The molecule has 4 aromatic rings. The second-order valence-electron chi connectivity index (χ2n) is 6.53. The third-order valence-electron chi connectivity index (χ3n) is 4.49. The van der Waals surface area contributed by atoms with Crippen molar-refractivity contribution in [2.24, 2.45) is 5.73 Å². The van der Waals surface area contributed by atoms with Crippen molar-refractivity contribution in [3.05, 3.63) is 41.9 Å². The van der Waals surface area contributed by atoms with Crippen LogP contribution in [0.25, 0.3) is 26.0 Å². The molecule has 0 spiro atoms. The molecule has 0 aliphatic carbocycles. The number of fused-ring (bicyclic) bond motifs is 2. The number of carbonyl (C=O) groups excluding carboxylic acids is 1. The van der Waals surface area contributed by atoms with E-state index in [-0.39, 0.29) is 6.54 Å². The highest BCUT2D eigenvalue weighted by Crippen LogP contribution is 2.43. The Kier molecular flexibility index (Phi) is 4.62. The second kappa shape index (κ2) is 7.10. The number of carbonyl (C=O) groups is 1. The van der Waals surface area contributed by atoms with Crippen molar-refractivity contribution in [3.8, 4) is 16.2 Å². The van der Waals surface area contributed by atoms with Gasteiger partial charge in [0.15, 0.2) is 5.82 Å². The molecule has 0 saturated carbocycles. The van der Waals surface area contributed by atoms with Crippen LogP contribution in [0.15, 0.2) is 30.7 Å². The van der Waals surface area contributed by atoms with Crippen molar-refractivity contribution in [1.82, 2.24) is 19.9 Å². The van der Waals surface area contributed by atoms with Gasteiger partial charge in [-0.2, -0.15) is 5.10 Å². The summed E-state index contributed by atoms with van der Waals surface area (Å²) in [4.78, 5) is 16.3. The number of hydrogen-bond donors (Lipinski definition) is 3. The minimum atomic E-state index is -0.410. The van der Waals surface area contributed by atoms with Crippen LogP contribution in [-0.2, 0) is 11.3 Å². The maximum Gasteiger partial charge on any atom is 0.231 e. The van der Waals surface area contributed by atoms with Gasteiger partial charge >= 0.3 is 0 Å². The first-order valence-corrected chi connectivity index (χ1v) is 9.48. The van der Waals surface area contributed by atoms with Crippen molar-refractivity contribution in [3.63, 3.8) is 0 Å². The Balaban J connectivity index is 1.91. The molecule has 5 N–H and O–H groups in total. The number of nitrogens with zero attached hydrogens (tertiary/aromatic N) is 3. The Hall–Kier alpha value is -3.17. The highest BCUT2D eigenvalue weighted by molar-refractivity contribution is 7.22. The second-order valence-corrected chi connectivity index (χ2v) is 7.59. The lowest BCUT2D eigenvalue weighted by atomic mass is 10.1. The Morgan fingerprint density at radius 1 is 1.36 bits per heavy atom. The molecule has 0 radical (unpaired) electrons. The van der Waals surface area contributed by atoms with Crippen LogP contribution in [0.1, 0.15) is 11.1 Å². The average molecular weight is 396 g/mol. The molecule has 144 valence electrons. The molecule has 0 atom stereocenters. The normalized spacial score (nSPS) is 11.4. The van der Waals surface area contributed by atoms with Crippen molar-refractivity contribution in [2.45, 2.75) is 13.5 Å². The molecule has 3 aromatic heterocycles. The van der Waals surface area contributed by atoms with Crippen LogP contribution in [0.2, 0.25) is 0 Å². The topological polar surface area (TPSA) is 121 Å². The molecule has 0 aliphatic rings. The Morgan fingerprint density at radius 3 is 2.93 bits per heavy atom. The van der Waals surface area contributed by atoms with Crippen molar-refractivity contribution in [1.29, 1.82) is 0 Å². The molecule has 28 heavy (non-hydrogen) atoms. The number of benzene rings is 1. The number of nitrogens with two attached hydrogens (primary N) is 2. The van der Waals surface area contributed by atoms with Crippen molar-refractivity contribution < 1.29 is 9.53 Å². The standard InChI is InChI=1S/C19H20N6O2S/c1-10-3-11-5-14(28-18(11)13(4-10)27-2)16-12(6-22-7-15(20)26)8-25-17(16)19(21)23-9-24-25/h3-5,8-9,22H,6-7H2,1-2H3,(H2,20,26)(H2,21,23,24). The molecule has 4 rings (SSSR count). The molecule has 0 aliphatic heterocycles. The lowest BCUT2D eigenvalue weighted by Crippen LogP contribution is -2.28. The van der Waals surface area contributed by atoms with E-state index in [1.165, 1.54) is 6.33 Å². The molecule has 9 heteroatoms. The molecule has 0 fully saturated rings. The minimum Gasteiger partial charge on any atom is -0.495 e. The zero-order chi connectivity index (χ0) is 19.8. The molecule has 1 amide bonds. The van der Waals surface area contributed by atoms with Crippen molar-refractivity contribution >= 4 is 38.7 Å². The zero-order valence-electron chi connectivity index (χ0n) is 15.5. The number of aromatic nitrogens is 3. The van der Waals surface area contributed by atoms with Gasteiger partial charge in [0.2, 0.25) is 5.91 Å². The maximum absolute atomic E-state index is 11.1. The van der Waals surface area contributed by atoms with Crippen LogP contribution < -0.4 is 21.5 Å². The predicted octanol–water partition coefficient (Wildman–Crippen LogP) is 2.09. The number of amides is 1. The van der Waals surface area contributed by atoms with E-state index in [0.29, 0.717) is 12.4 Å². The van der Waals surface area contributed by atoms with Crippen LogP contribution in [0.5, 0.6) is 5.75 Å². The van der Waals surface area contributed by atoms with Gasteiger partial charge in [-0.3, -0.25) is 4.79 Å². The van der Waals surface area contributed by atoms with Gasteiger partial charge in [0.25, 0.3) is 0 Å². The number of thiophene rings is 1. The fourth-order valence-electron chi connectivity index (χ4n) is 3.35. The van der Waals surface area contributed by atoms with E-state index in [1.807, 2.05) is 19.2 Å². The minimum absolute atomic E-state index is 0.0895. The van der Waals surface area contributed by atoms with Gasteiger partial charge in [0.05, 0.1) is 18.4 Å². The summed E-state index contributed by atoms with van der Waals surface area (Å²) in [7, 11) is 1.67. The Labute approximate surface area is 165 Å². The van der Waals surface area contributed by atoms with E-state index < -0.39 is 5.91 Å². The number of hydrogen-bond acceptors (Lipinski definition) is 7. The van der Waals surface area contributed by atoms with Gasteiger partial charge in [-0.1, -0.05) is 6.07 Å². The number of aryl methyl sites for hydroxylation is 1. The van der Waals surface area contributed by atoms with Crippen LogP contribution in [0.3, 0.4) is 0 Å². The highest BCUT2D eigenvalue weighted by Gasteiger charge is 2.19. The SMILES string of the molecule is COc1cc(C)cc2cc(-c3c(CNCC(N)=O)cn4ncnc(N)c34)sc12. The number of nitrogen functional groups attached to an aromatic ring is 1. The molecule has 0 unspecified atom stereocenters. The summed E-state index contributed by atoms with van der Waals surface area (Å²) in [6.45, 7) is 2.58. The van der Waals surface area contributed by atoms with Crippen LogP contribution in [-0.4, -0.2) is 34.2 Å². The number of methoxy groups -OCH3 is 1. The van der Waals surface area contributed by atoms with Crippen LogP contribution in [0, 0.1) is 6.92 Å². The summed E-state index contributed by atoms with van der Waals surface area (Å²) in [5.41, 5.74) is 15.2. The first kappa shape index (κ1) is 18.2. The third-order valence-corrected chi connectivity index (χ3v) is 5.67. The predicted molar refractivity (Wildman–Crippen MR) is 110 cm³/mol. The van der Waals surface area contributed by atoms with E-state index >= 15 is 0 Å². The van der Waals surface area contributed by atoms with E-state index in [9.17, 15) is 4.79 Å². The summed E-state index contributed by atoms with van der Waals surface area (Å²) in [6.07, 6.45) is 3.31. The lowest BCUT2D eigenvalue weighted by molar-refractivity contribution is -0.117. The van der Waals surface area contributed by atoms with Gasteiger partial charge in [-0.05, 0) is 35.6 Å². The average Bonchev–Trinajstić information content (AvgIpc) is 3.22. The zero-order valence-corrected chi connectivity index (χ0v) is 16.3. The smallest absolute Gasteiger partial charge is 0.231 e. The Bertz CT molecular complexity index is 1200. The summed E-state index contributed by atoms with van der Waals surface area (Å²) in [5, 5.41) is 8.44. The van der Waals surface area contributed by atoms with Gasteiger partial charge in [-0.15, -0.1) is 11.3 Å². The number of nitrogens with one attached hydrogen (secondary N) is 1. The summed E-state index contributed by atoms with van der Waals surface area (Å²) in [5.74, 6) is 0.825. The number of primary amides is 1. The van der Waals surface area contributed by atoms with E-state index in [2.05, 4.69) is 27.5 Å². The van der Waals surface area contributed by atoms with E-state index in [0.717, 1.165) is 42.9 Å². The first-order valence-electron chi connectivity index (χ1n) is 8.66. The van der Waals surface area contributed by atoms with Gasteiger partial charge in [-0.25, -0.2) is 9.50 Å². The van der Waals surface area contributed by atoms with Crippen LogP contribution in [0.4, 0.5) is 5.82 Å². The van der Waals surface area contributed by atoms with Crippen molar-refractivity contribution in [2.75, 3.05) is 19.4 Å². The molecule has 0 bridgehead atoms. The third kappa shape index (κ3) is 3.14. The largest absolute Gasteiger partial charge is 0.495 e. The van der Waals surface area contributed by atoms with E-state index in [1.54, 1.807) is 23.0 Å². The number of anilines is 1. The first-order chi connectivity index (χ1) is 13.5. The van der Waals surface area contributed by atoms with Crippen LogP contribution >= 0.6 is 11.3 Å². The fourth-order valence-corrected chi connectivity index (χ4v) is 4.57. The highest BCUT2D eigenvalue weighted by atomic mass is 32.1. The summed E-state index contributed by atoms with van der Waals surface area (Å²) < 4.78 is 8.34. The molecule has 1 aromatic carbocycles. The molecule has 8 nitrogen and oxygen atoms in total. The maximum atomic E-state index is 11.1. The Morgan fingerprint density at radius 2 is 2.18 bits per heavy atom. The van der Waals surface area contributed by atoms with E-state index in [4.69, 9.17) is 16.2 Å². The number of rotatable bonds is 6. The number of ether oxygens (including phenoxy) is 1.